The minimum absolute atomic E-state index is 0.223. The van der Waals surface area contributed by atoms with Crippen LogP contribution in [0.2, 0.25) is 0 Å². The summed E-state index contributed by atoms with van der Waals surface area (Å²) in [4.78, 5) is 13.3. The van der Waals surface area contributed by atoms with E-state index >= 15 is 0 Å². The third kappa shape index (κ3) is 4.90. The minimum atomic E-state index is -0.911. The van der Waals surface area contributed by atoms with E-state index in [0.717, 1.165) is 17.5 Å². The molecule has 2 aromatic rings. The topological polar surface area (TPSA) is 40.5 Å². The summed E-state index contributed by atoms with van der Waals surface area (Å²) in [7, 11) is 2.04. The average molecular weight is 329 g/mol. The monoisotopic (exact) mass is 329 g/mol. The molecule has 0 fully saturated rings. The zero-order valence-corrected chi connectivity index (χ0v) is 14.4. The zero-order valence-electron chi connectivity index (χ0n) is 14.4. The van der Waals surface area contributed by atoms with Crippen LogP contribution in [0.3, 0.4) is 0 Å². The number of carbonyl (C=O) groups is 1. The van der Waals surface area contributed by atoms with Gasteiger partial charge >= 0.3 is 5.97 Å². The Balaban J connectivity index is 2.11. The summed E-state index contributed by atoms with van der Waals surface area (Å²) in [6, 6.07) is 13.9. The minimum Gasteiger partial charge on any atom is -0.478 e. The van der Waals surface area contributed by atoms with E-state index in [9.17, 15) is 9.18 Å². The van der Waals surface area contributed by atoms with Gasteiger partial charge in [0.1, 0.15) is 5.82 Å². The van der Waals surface area contributed by atoms with Crippen molar-refractivity contribution in [3.8, 4) is 0 Å². The molecule has 128 valence electrons. The van der Waals surface area contributed by atoms with Crippen LogP contribution < -0.4 is 0 Å². The predicted molar refractivity (Wildman–Crippen MR) is 93.6 cm³/mol. The maximum Gasteiger partial charge on any atom is 0.335 e. The summed E-state index contributed by atoms with van der Waals surface area (Å²) in [6.45, 7) is 5.00. The molecule has 0 heterocycles. The highest BCUT2D eigenvalue weighted by molar-refractivity contribution is 5.87. The van der Waals surface area contributed by atoms with Gasteiger partial charge < -0.3 is 5.11 Å². The van der Waals surface area contributed by atoms with Crippen molar-refractivity contribution >= 4 is 5.97 Å². The molecule has 0 aliphatic rings. The number of benzene rings is 2. The highest BCUT2D eigenvalue weighted by Gasteiger charge is 2.19. The summed E-state index contributed by atoms with van der Waals surface area (Å²) >= 11 is 0. The second kappa shape index (κ2) is 8.06. The molecule has 24 heavy (non-hydrogen) atoms. The van der Waals surface area contributed by atoms with E-state index in [2.05, 4.69) is 18.7 Å². The Morgan fingerprint density at radius 1 is 1.12 bits per heavy atom. The molecular weight excluding hydrogens is 305 g/mol. The van der Waals surface area contributed by atoms with Gasteiger partial charge in [0.05, 0.1) is 5.56 Å². The van der Waals surface area contributed by atoms with Gasteiger partial charge in [-0.05, 0) is 54.8 Å². The van der Waals surface area contributed by atoms with Gasteiger partial charge in [-0.25, -0.2) is 9.18 Å². The number of carboxylic acids is 1. The molecule has 1 unspecified atom stereocenters. The second-order valence-electron chi connectivity index (χ2n) is 6.56. The van der Waals surface area contributed by atoms with E-state index < -0.39 is 5.97 Å². The molecule has 0 aromatic heterocycles. The average Bonchev–Trinajstić information content (AvgIpc) is 2.54. The highest BCUT2D eigenvalue weighted by atomic mass is 19.1. The molecule has 0 saturated carbocycles. The Labute approximate surface area is 142 Å². The van der Waals surface area contributed by atoms with Crippen molar-refractivity contribution < 1.29 is 14.3 Å². The van der Waals surface area contributed by atoms with Gasteiger partial charge in [-0.15, -0.1) is 0 Å². The number of rotatable bonds is 7. The lowest BCUT2D eigenvalue weighted by Crippen LogP contribution is -2.37. The van der Waals surface area contributed by atoms with Gasteiger partial charge in [-0.1, -0.05) is 38.1 Å². The van der Waals surface area contributed by atoms with Crippen molar-refractivity contribution in [1.82, 2.24) is 4.90 Å². The van der Waals surface area contributed by atoms with Crippen molar-refractivity contribution in [2.24, 2.45) is 5.92 Å². The van der Waals surface area contributed by atoms with E-state index in [1.807, 2.05) is 25.2 Å². The van der Waals surface area contributed by atoms with Crippen LogP contribution in [0.1, 0.15) is 35.3 Å². The first-order valence-electron chi connectivity index (χ1n) is 8.13. The lowest BCUT2D eigenvalue weighted by Gasteiger charge is -2.31. The molecule has 0 spiro atoms. The van der Waals surface area contributed by atoms with Gasteiger partial charge in [0.25, 0.3) is 0 Å². The molecule has 4 heteroatoms. The lowest BCUT2D eigenvalue weighted by molar-refractivity contribution is 0.0696. The van der Waals surface area contributed by atoms with Gasteiger partial charge in [0, 0.05) is 12.6 Å². The number of hydrogen-bond donors (Lipinski definition) is 1. The largest absolute Gasteiger partial charge is 0.478 e. The summed E-state index contributed by atoms with van der Waals surface area (Å²) in [5.41, 5.74) is 2.38. The smallest absolute Gasteiger partial charge is 0.335 e. The molecule has 0 saturated heterocycles. The molecule has 0 bridgehead atoms. The fraction of sp³-hybridized carbons (Fsp3) is 0.350. The molecule has 2 aromatic carbocycles. The number of nitrogens with zero attached hydrogens (tertiary/aromatic N) is 1. The van der Waals surface area contributed by atoms with Crippen LogP contribution in [0.4, 0.5) is 4.39 Å². The third-order valence-electron chi connectivity index (χ3n) is 4.30. The molecular formula is C20H24FNO2. The van der Waals surface area contributed by atoms with E-state index in [4.69, 9.17) is 5.11 Å². The van der Waals surface area contributed by atoms with Crippen molar-refractivity contribution in [2.75, 3.05) is 7.05 Å². The Morgan fingerprint density at radius 2 is 1.79 bits per heavy atom. The van der Waals surface area contributed by atoms with Crippen LogP contribution in [0.15, 0.2) is 48.5 Å². The Bertz CT molecular complexity index is 682. The molecule has 0 aliphatic heterocycles. The first-order chi connectivity index (χ1) is 11.4. The third-order valence-corrected chi connectivity index (χ3v) is 4.30. The SMILES string of the molecule is CC(C)C(Cc1ccc(F)cc1)N(C)Cc1cccc(C(=O)O)c1. The van der Waals surface area contributed by atoms with Crippen LogP contribution in [0, 0.1) is 11.7 Å². The Morgan fingerprint density at radius 3 is 2.38 bits per heavy atom. The number of halogens is 1. The Kier molecular flexibility index (Phi) is 6.10. The number of aromatic carboxylic acids is 1. The van der Waals surface area contributed by atoms with Gasteiger partial charge in [0.2, 0.25) is 0 Å². The van der Waals surface area contributed by atoms with Crippen LogP contribution >= 0.6 is 0 Å². The summed E-state index contributed by atoms with van der Waals surface area (Å²) in [5.74, 6) is -0.715. The van der Waals surface area contributed by atoms with E-state index in [1.54, 1.807) is 18.2 Å². The summed E-state index contributed by atoms with van der Waals surface area (Å²) < 4.78 is 13.1. The Hall–Kier alpha value is -2.20. The summed E-state index contributed by atoms with van der Waals surface area (Å²) in [6.07, 6.45) is 0.826. The van der Waals surface area contributed by atoms with Crippen molar-refractivity contribution in [1.29, 1.82) is 0 Å². The molecule has 0 aliphatic carbocycles. The quantitative estimate of drug-likeness (QED) is 0.827. The summed E-state index contributed by atoms with van der Waals surface area (Å²) in [5, 5.41) is 9.11. The normalized spacial score (nSPS) is 12.6. The highest BCUT2D eigenvalue weighted by Crippen LogP contribution is 2.19. The predicted octanol–water partition coefficient (Wildman–Crippen LogP) is 4.22. The van der Waals surface area contributed by atoms with E-state index in [1.165, 1.54) is 12.1 Å². The maximum absolute atomic E-state index is 13.1. The van der Waals surface area contributed by atoms with Gasteiger partial charge in [-0.2, -0.15) is 0 Å². The van der Waals surface area contributed by atoms with E-state index in [-0.39, 0.29) is 11.9 Å². The van der Waals surface area contributed by atoms with Crippen LogP contribution in [-0.4, -0.2) is 29.1 Å². The number of hydrogen-bond acceptors (Lipinski definition) is 2. The van der Waals surface area contributed by atoms with Crippen molar-refractivity contribution in [2.45, 2.75) is 32.9 Å². The lowest BCUT2D eigenvalue weighted by atomic mass is 9.94. The standard InChI is InChI=1S/C20H24FNO2/c1-14(2)19(12-15-7-9-18(21)10-8-15)22(3)13-16-5-4-6-17(11-16)20(23)24/h4-11,14,19H,12-13H2,1-3H3,(H,23,24). The van der Waals surface area contributed by atoms with E-state index in [0.29, 0.717) is 18.0 Å². The zero-order chi connectivity index (χ0) is 17.7. The molecule has 3 nitrogen and oxygen atoms in total. The first kappa shape index (κ1) is 18.1. The number of carboxylic acid groups (broad SMARTS) is 1. The second-order valence-corrected chi connectivity index (χ2v) is 6.56. The molecule has 1 atom stereocenters. The first-order valence-corrected chi connectivity index (χ1v) is 8.13. The molecule has 0 amide bonds. The maximum atomic E-state index is 13.1. The van der Waals surface area contributed by atoms with Crippen molar-refractivity contribution in [3.63, 3.8) is 0 Å². The fourth-order valence-corrected chi connectivity index (χ4v) is 2.97. The van der Waals surface area contributed by atoms with Crippen molar-refractivity contribution in [3.05, 3.63) is 71.0 Å². The van der Waals surface area contributed by atoms with Gasteiger partial charge in [-0.3, -0.25) is 4.90 Å². The molecule has 1 N–H and O–H groups in total. The molecule has 0 radical (unpaired) electrons. The van der Waals surface area contributed by atoms with Gasteiger partial charge in [0.15, 0.2) is 0 Å². The fourth-order valence-electron chi connectivity index (χ4n) is 2.97. The number of likely N-dealkylation sites (N-methyl/N-ethyl adjacent to an activating group) is 1. The van der Waals surface area contributed by atoms with Crippen LogP contribution in [-0.2, 0) is 13.0 Å². The molecule has 2 rings (SSSR count). The van der Waals surface area contributed by atoms with Crippen LogP contribution in [0.5, 0.6) is 0 Å². The van der Waals surface area contributed by atoms with Crippen LogP contribution in [0.25, 0.3) is 0 Å².